The minimum absolute atomic E-state index is 0.655. The molecule has 2 heterocycles. The second-order valence-electron chi connectivity index (χ2n) is 11.0. The highest BCUT2D eigenvalue weighted by Gasteiger charge is 2.17. The number of fused-ring (bicyclic) bond motifs is 3. The fourth-order valence-electron chi connectivity index (χ4n) is 6.03. The Bertz CT molecular complexity index is 2210. The van der Waals surface area contributed by atoms with Crippen molar-refractivity contribution >= 4 is 21.8 Å². The predicted molar refractivity (Wildman–Crippen MR) is 181 cm³/mol. The molecule has 0 amide bonds. The molecule has 4 nitrogen and oxygen atoms in total. The topological polar surface area (TPSA) is 43.6 Å². The Kier molecular flexibility index (Phi) is 6.31. The van der Waals surface area contributed by atoms with Gasteiger partial charge in [0.15, 0.2) is 17.5 Å². The second-order valence-corrected chi connectivity index (χ2v) is 11.0. The molecule has 0 saturated heterocycles. The van der Waals surface area contributed by atoms with Gasteiger partial charge in [-0.15, -0.1) is 0 Å². The van der Waals surface area contributed by atoms with Crippen LogP contribution >= 0.6 is 0 Å². The standard InChI is InChI=1S/C40H28N4/c1-27-25-32(40-42-38(29-15-7-3-8-16-29)41-39(43-40)30-17-9-4-10-18-30)22-23-35(27)44-36-20-12-11-19-33(36)34-26-31(21-24-37(34)44)28-13-5-2-6-14-28/h2-26H,1H3. The quantitative estimate of drug-likeness (QED) is 0.209. The third kappa shape index (κ3) is 4.54. The van der Waals surface area contributed by atoms with Gasteiger partial charge in [-0.3, -0.25) is 0 Å². The van der Waals surface area contributed by atoms with Crippen LogP contribution in [0.2, 0.25) is 0 Å². The van der Waals surface area contributed by atoms with Crippen molar-refractivity contribution in [3.05, 3.63) is 157 Å². The maximum atomic E-state index is 4.94. The molecule has 8 rings (SSSR count). The molecular weight excluding hydrogens is 536 g/mol. The molecule has 0 radical (unpaired) electrons. The normalized spacial score (nSPS) is 11.3. The van der Waals surface area contributed by atoms with E-state index in [1.165, 1.54) is 32.9 Å². The third-order valence-corrected chi connectivity index (χ3v) is 8.17. The number of para-hydroxylation sites is 1. The second kappa shape index (κ2) is 10.8. The highest BCUT2D eigenvalue weighted by atomic mass is 15.0. The van der Waals surface area contributed by atoms with Gasteiger partial charge in [0.2, 0.25) is 0 Å². The number of hydrogen-bond acceptors (Lipinski definition) is 3. The van der Waals surface area contributed by atoms with Crippen molar-refractivity contribution in [1.82, 2.24) is 19.5 Å². The summed E-state index contributed by atoms with van der Waals surface area (Å²) in [5.41, 5.74) is 9.94. The lowest BCUT2D eigenvalue weighted by Gasteiger charge is -2.14. The van der Waals surface area contributed by atoms with Crippen LogP contribution in [0.15, 0.2) is 152 Å². The smallest absolute Gasteiger partial charge is 0.164 e. The van der Waals surface area contributed by atoms with Gasteiger partial charge in [0.1, 0.15) is 0 Å². The summed E-state index contributed by atoms with van der Waals surface area (Å²) in [7, 11) is 0. The molecule has 0 unspecified atom stereocenters. The van der Waals surface area contributed by atoms with Crippen LogP contribution in [0.1, 0.15) is 5.56 Å². The highest BCUT2D eigenvalue weighted by molar-refractivity contribution is 6.10. The number of aryl methyl sites for hydroxylation is 1. The number of nitrogens with zero attached hydrogens (tertiary/aromatic N) is 4. The summed E-state index contributed by atoms with van der Waals surface area (Å²) in [5.74, 6) is 1.97. The largest absolute Gasteiger partial charge is 0.309 e. The van der Waals surface area contributed by atoms with Gasteiger partial charge in [-0.05, 0) is 60.0 Å². The molecular formula is C40H28N4. The van der Waals surface area contributed by atoms with Crippen molar-refractivity contribution in [3.8, 4) is 51.0 Å². The van der Waals surface area contributed by atoms with Crippen LogP contribution in [0.5, 0.6) is 0 Å². The van der Waals surface area contributed by atoms with E-state index in [1.807, 2.05) is 60.7 Å². The van der Waals surface area contributed by atoms with Crippen LogP contribution in [0.25, 0.3) is 72.8 Å². The number of benzene rings is 6. The molecule has 0 aliphatic carbocycles. The molecule has 8 aromatic rings. The van der Waals surface area contributed by atoms with Gasteiger partial charge in [0, 0.05) is 33.2 Å². The molecule has 0 fully saturated rings. The maximum absolute atomic E-state index is 4.94. The molecule has 4 heteroatoms. The molecule has 0 aliphatic rings. The summed E-state index contributed by atoms with van der Waals surface area (Å²) >= 11 is 0. The monoisotopic (exact) mass is 564 g/mol. The van der Waals surface area contributed by atoms with Crippen LogP contribution in [0.3, 0.4) is 0 Å². The van der Waals surface area contributed by atoms with Crippen molar-refractivity contribution in [2.45, 2.75) is 6.92 Å². The first-order chi connectivity index (χ1) is 21.7. The molecule has 2 aromatic heterocycles. The van der Waals surface area contributed by atoms with Crippen molar-refractivity contribution in [1.29, 1.82) is 0 Å². The van der Waals surface area contributed by atoms with Gasteiger partial charge in [0.25, 0.3) is 0 Å². The zero-order chi connectivity index (χ0) is 29.5. The van der Waals surface area contributed by atoms with E-state index in [9.17, 15) is 0 Å². The first-order valence-electron chi connectivity index (χ1n) is 14.8. The van der Waals surface area contributed by atoms with Crippen molar-refractivity contribution in [3.63, 3.8) is 0 Å². The summed E-state index contributed by atoms with van der Waals surface area (Å²) in [4.78, 5) is 14.7. The fraction of sp³-hybridized carbons (Fsp3) is 0.0250. The Hall–Kier alpha value is -5.87. The van der Waals surface area contributed by atoms with E-state index in [2.05, 4.69) is 102 Å². The SMILES string of the molecule is Cc1cc(-c2nc(-c3ccccc3)nc(-c3ccccc3)n2)ccc1-n1c2ccccc2c2cc(-c3ccccc3)ccc21. The van der Waals surface area contributed by atoms with E-state index in [4.69, 9.17) is 15.0 Å². The average molecular weight is 565 g/mol. The summed E-state index contributed by atoms with van der Waals surface area (Å²) in [6.07, 6.45) is 0. The summed E-state index contributed by atoms with van der Waals surface area (Å²) < 4.78 is 2.37. The van der Waals surface area contributed by atoms with E-state index in [1.54, 1.807) is 0 Å². The summed E-state index contributed by atoms with van der Waals surface area (Å²) in [6, 6.07) is 52.7. The third-order valence-electron chi connectivity index (χ3n) is 8.17. The molecule has 0 atom stereocenters. The zero-order valence-corrected chi connectivity index (χ0v) is 24.2. The van der Waals surface area contributed by atoms with Gasteiger partial charge in [0.05, 0.1) is 11.0 Å². The van der Waals surface area contributed by atoms with E-state index >= 15 is 0 Å². The lowest BCUT2D eigenvalue weighted by atomic mass is 10.0. The van der Waals surface area contributed by atoms with Crippen molar-refractivity contribution in [2.24, 2.45) is 0 Å². The summed E-state index contributed by atoms with van der Waals surface area (Å²) in [6.45, 7) is 2.16. The molecule has 0 aliphatic heterocycles. The Balaban J connectivity index is 1.27. The van der Waals surface area contributed by atoms with Gasteiger partial charge in [-0.25, -0.2) is 15.0 Å². The van der Waals surface area contributed by atoms with Gasteiger partial charge >= 0.3 is 0 Å². The van der Waals surface area contributed by atoms with Crippen molar-refractivity contribution in [2.75, 3.05) is 0 Å². The Morgan fingerprint density at radius 3 is 1.50 bits per heavy atom. The van der Waals surface area contributed by atoms with Crippen LogP contribution in [-0.2, 0) is 0 Å². The van der Waals surface area contributed by atoms with E-state index < -0.39 is 0 Å². The number of aromatic nitrogens is 4. The minimum atomic E-state index is 0.655. The lowest BCUT2D eigenvalue weighted by Crippen LogP contribution is -2.01. The first kappa shape index (κ1) is 25.8. The van der Waals surface area contributed by atoms with Crippen LogP contribution in [0.4, 0.5) is 0 Å². The van der Waals surface area contributed by atoms with Crippen LogP contribution in [-0.4, -0.2) is 19.5 Å². The predicted octanol–water partition coefficient (Wildman–Crippen LogP) is 9.95. The van der Waals surface area contributed by atoms with E-state index in [0.717, 1.165) is 27.9 Å². The van der Waals surface area contributed by atoms with E-state index in [-0.39, 0.29) is 0 Å². The van der Waals surface area contributed by atoms with Crippen LogP contribution in [0, 0.1) is 6.92 Å². The molecule has 0 saturated carbocycles. The molecule has 44 heavy (non-hydrogen) atoms. The Labute approximate surface area is 256 Å². The van der Waals surface area contributed by atoms with E-state index in [0.29, 0.717) is 17.5 Å². The highest BCUT2D eigenvalue weighted by Crippen LogP contribution is 2.36. The van der Waals surface area contributed by atoms with Crippen molar-refractivity contribution < 1.29 is 0 Å². The first-order valence-corrected chi connectivity index (χ1v) is 14.8. The van der Waals surface area contributed by atoms with Gasteiger partial charge < -0.3 is 4.57 Å². The number of rotatable bonds is 5. The van der Waals surface area contributed by atoms with Crippen LogP contribution < -0.4 is 0 Å². The lowest BCUT2D eigenvalue weighted by molar-refractivity contribution is 1.07. The summed E-state index contributed by atoms with van der Waals surface area (Å²) in [5, 5.41) is 2.48. The van der Waals surface area contributed by atoms with Gasteiger partial charge in [-0.1, -0.05) is 115 Å². The maximum Gasteiger partial charge on any atom is 0.164 e. The molecule has 0 spiro atoms. The average Bonchev–Trinajstić information content (AvgIpc) is 3.42. The van der Waals surface area contributed by atoms with Gasteiger partial charge in [-0.2, -0.15) is 0 Å². The minimum Gasteiger partial charge on any atom is -0.309 e. The number of hydrogen-bond donors (Lipinski definition) is 0. The molecule has 208 valence electrons. The molecule has 0 N–H and O–H groups in total. The molecule has 0 bridgehead atoms. The zero-order valence-electron chi connectivity index (χ0n) is 24.2. The molecule has 6 aromatic carbocycles. The fourth-order valence-corrected chi connectivity index (χ4v) is 6.03. The Morgan fingerprint density at radius 1 is 0.386 bits per heavy atom. The Morgan fingerprint density at radius 2 is 0.886 bits per heavy atom.